The number of nitrogens with one attached hydrogen (secondary N) is 1. The molecule has 1 amide bonds. The number of morpholine rings is 1. The summed E-state index contributed by atoms with van der Waals surface area (Å²) in [5.41, 5.74) is -0.741. The fourth-order valence-corrected chi connectivity index (χ4v) is 4.89. The molecule has 0 spiro atoms. The van der Waals surface area contributed by atoms with Gasteiger partial charge < -0.3 is 19.7 Å². The topological polar surface area (TPSA) is 67.9 Å². The molecule has 0 aliphatic carbocycles. The molecule has 3 aromatic rings. The van der Waals surface area contributed by atoms with Gasteiger partial charge in [0.15, 0.2) is 0 Å². The highest BCUT2D eigenvalue weighted by Gasteiger charge is 2.45. The number of nitrogens with zero attached hydrogens (tertiary/aromatic N) is 1. The van der Waals surface area contributed by atoms with Crippen LogP contribution in [0.3, 0.4) is 0 Å². The maximum Gasteiger partial charge on any atom is 0.411 e. The van der Waals surface area contributed by atoms with Crippen molar-refractivity contribution in [3.05, 3.63) is 75.8 Å². The lowest BCUT2D eigenvalue weighted by Gasteiger charge is -2.38. The van der Waals surface area contributed by atoms with Gasteiger partial charge in [0.05, 0.1) is 20.3 Å². The number of alkyl halides is 3. The van der Waals surface area contributed by atoms with Crippen molar-refractivity contribution < 1.29 is 41.0 Å². The molecule has 1 aliphatic heterocycles. The number of amides is 1. The molecule has 1 N–H and O–H groups in total. The van der Waals surface area contributed by atoms with Crippen LogP contribution in [-0.4, -0.2) is 57.0 Å². The molecule has 2 atom stereocenters. The molecule has 4 rings (SSSR count). The number of ether oxygens (including phenoxy) is 2. The summed E-state index contributed by atoms with van der Waals surface area (Å²) in [4.78, 5) is 26.2. The zero-order valence-corrected chi connectivity index (χ0v) is 21.5. The Morgan fingerprint density at radius 3 is 2.42 bits per heavy atom. The molecule has 1 heterocycles. The Morgan fingerprint density at radius 1 is 1.13 bits per heavy atom. The summed E-state index contributed by atoms with van der Waals surface area (Å²) in [6.45, 7) is -1.01. The number of hydrogen-bond donors (Lipinski definition) is 1. The molecule has 0 aromatic heterocycles. The molecule has 3 aromatic carbocycles. The normalized spacial score (nSPS) is 16.8. The third-order valence-electron chi connectivity index (χ3n) is 6.27. The maximum atomic E-state index is 15.0. The number of methoxy groups -OCH3 is 1. The number of esters is 1. The number of fused-ring (bicyclic) bond motifs is 1. The van der Waals surface area contributed by atoms with E-state index in [1.54, 1.807) is 18.2 Å². The van der Waals surface area contributed by atoms with Gasteiger partial charge >= 0.3 is 12.1 Å². The molecule has 0 saturated carbocycles. The van der Waals surface area contributed by atoms with Crippen LogP contribution in [0.15, 0.2) is 53.0 Å². The quantitative estimate of drug-likeness (QED) is 0.313. The second kappa shape index (κ2) is 11.2. The summed E-state index contributed by atoms with van der Waals surface area (Å²) >= 11 is 3.46. The molecular formula is C26H22BrF5N2O4. The van der Waals surface area contributed by atoms with Gasteiger partial charge in [-0.1, -0.05) is 46.3 Å². The molecule has 0 radical (unpaired) electrons. The second-order valence-corrected chi connectivity index (χ2v) is 9.47. The van der Waals surface area contributed by atoms with Crippen LogP contribution in [0.25, 0.3) is 10.8 Å². The number of carbonyl (C=O) groups excluding carboxylic acids is 2. The highest BCUT2D eigenvalue weighted by Crippen LogP contribution is 2.33. The summed E-state index contributed by atoms with van der Waals surface area (Å²) in [6.07, 6.45) is -4.75. The van der Waals surface area contributed by atoms with Crippen molar-refractivity contribution in [2.45, 2.75) is 24.7 Å². The van der Waals surface area contributed by atoms with Crippen LogP contribution < -0.4 is 10.2 Å². The number of carbonyl (C=O) groups is 2. The molecule has 1 saturated heterocycles. The minimum absolute atomic E-state index is 0.0471. The van der Waals surface area contributed by atoms with Crippen molar-refractivity contribution in [1.29, 1.82) is 0 Å². The first kappa shape index (κ1) is 27.8. The lowest BCUT2D eigenvalue weighted by Crippen LogP contribution is -2.53. The van der Waals surface area contributed by atoms with E-state index in [1.165, 1.54) is 0 Å². The molecule has 0 bridgehead atoms. The average molecular weight is 601 g/mol. The Balaban J connectivity index is 1.61. The first-order valence-electron chi connectivity index (χ1n) is 11.5. The van der Waals surface area contributed by atoms with Crippen LogP contribution in [0, 0.1) is 11.6 Å². The van der Waals surface area contributed by atoms with Crippen molar-refractivity contribution >= 4 is 44.3 Å². The largest absolute Gasteiger partial charge is 0.467 e. The Hall–Kier alpha value is -3.25. The van der Waals surface area contributed by atoms with E-state index in [9.17, 15) is 31.5 Å². The number of anilines is 1. The molecule has 202 valence electrons. The molecule has 12 heteroatoms. The lowest BCUT2D eigenvalue weighted by molar-refractivity contribution is -0.167. The van der Waals surface area contributed by atoms with Gasteiger partial charge in [0.1, 0.15) is 29.3 Å². The molecule has 6 nitrogen and oxygen atoms in total. The van der Waals surface area contributed by atoms with Gasteiger partial charge in [-0.2, -0.15) is 13.2 Å². The molecule has 0 unspecified atom stereocenters. The molecule has 1 aliphatic rings. The number of hydrogen-bond acceptors (Lipinski definition) is 5. The van der Waals surface area contributed by atoms with Gasteiger partial charge in [-0.15, -0.1) is 0 Å². The van der Waals surface area contributed by atoms with Gasteiger partial charge in [0.25, 0.3) is 5.91 Å². The Kier molecular flexibility index (Phi) is 8.22. The fraction of sp³-hybridized carbons (Fsp3) is 0.308. The average Bonchev–Trinajstić information content (AvgIpc) is 2.88. The summed E-state index contributed by atoms with van der Waals surface area (Å²) in [6, 6.07) is 8.75. The first-order chi connectivity index (χ1) is 18.0. The van der Waals surface area contributed by atoms with Crippen LogP contribution in [-0.2, 0) is 20.7 Å². The van der Waals surface area contributed by atoms with Crippen molar-refractivity contribution in [1.82, 2.24) is 5.32 Å². The minimum atomic E-state index is -4.70. The van der Waals surface area contributed by atoms with Crippen LogP contribution in [0.1, 0.15) is 15.9 Å². The van der Waals surface area contributed by atoms with Crippen molar-refractivity contribution in [2.24, 2.45) is 0 Å². The van der Waals surface area contributed by atoms with Crippen LogP contribution in [0.4, 0.5) is 27.6 Å². The zero-order chi connectivity index (χ0) is 27.6. The third kappa shape index (κ3) is 5.75. The van der Waals surface area contributed by atoms with Crippen molar-refractivity contribution in [2.75, 3.05) is 31.8 Å². The smallest absolute Gasteiger partial charge is 0.411 e. The predicted octanol–water partition coefficient (Wildman–Crippen LogP) is 5.16. The van der Waals surface area contributed by atoms with Crippen LogP contribution in [0.2, 0.25) is 0 Å². The van der Waals surface area contributed by atoms with E-state index in [4.69, 9.17) is 9.47 Å². The minimum Gasteiger partial charge on any atom is -0.467 e. The first-order valence-corrected chi connectivity index (χ1v) is 12.3. The summed E-state index contributed by atoms with van der Waals surface area (Å²) in [5.74, 6) is -4.84. The van der Waals surface area contributed by atoms with Gasteiger partial charge in [-0.25, -0.2) is 13.6 Å². The second-order valence-electron chi connectivity index (χ2n) is 8.62. The molecular weight excluding hydrogens is 579 g/mol. The Bertz CT molecular complexity index is 1340. The van der Waals surface area contributed by atoms with E-state index in [0.29, 0.717) is 17.7 Å². The molecule has 1 fully saturated rings. The van der Waals surface area contributed by atoms with E-state index in [-0.39, 0.29) is 25.3 Å². The van der Waals surface area contributed by atoms with Gasteiger partial charge in [-0.05, 0) is 34.5 Å². The number of benzene rings is 3. The summed E-state index contributed by atoms with van der Waals surface area (Å²) in [7, 11) is 1.11. The zero-order valence-electron chi connectivity index (χ0n) is 19.9. The van der Waals surface area contributed by atoms with Gasteiger partial charge in [0, 0.05) is 23.1 Å². The lowest BCUT2D eigenvalue weighted by atomic mass is 9.98. The number of rotatable bonds is 6. The summed E-state index contributed by atoms with van der Waals surface area (Å²) in [5, 5.41) is 3.95. The SMILES string of the molecule is COC(=O)[C@H](Cc1ccc(Br)c2ccccc12)NC(=O)c1c(F)cc(N2CCOC[C@@H]2C(F)(F)F)cc1F. The highest BCUT2D eigenvalue weighted by atomic mass is 79.9. The summed E-state index contributed by atoms with van der Waals surface area (Å²) < 4.78 is 80.7. The van der Waals surface area contributed by atoms with Crippen LogP contribution in [0.5, 0.6) is 0 Å². The monoisotopic (exact) mass is 600 g/mol. The van der Waals surface area contributed by atoms with Crippen LogP contribution >= 0.6 is 15.9 Å². The number of halogens is 6. The maximum absolute atomic E-state index is 15.0. The Morgan fingerprint density at radius 2 is 1.79 bits per heavy atom. The third-order valence-corrected chi connectivity index (χ3v) is 6.96. The van der Waals surface area contributed by atoms with E-state index in [2.05, 4.69) is 21.2 Å². The predicted molar refractivity (Wildman–Crippen MR) is 133 cm³/mol. The van der Waals surface area contributed by atoms with E-state index in [1.807, 2.05) is 18.2 Å². The van der Waals surface area contributed by atoms with Crippen molar-refractivity contribution in [3.8, 4) is 0 Å². The van der Waals surface area contributed by atoms with Crippen molar-refractivity contribution in [3.63, 3.8) is 0 Å². The standard InChI is InChI=1S/C26H22BrF5N2O4/c1-37-25(36)21(10-14-6-7-18(27)17-5-3-2-4-16(14)17)33-24(35)23-19(28)11-15(12-20(23)29)34-8-9-38-13-22(34)26(30,31)32/h2-7,11-12,21-22H,8-10,13H2,1H3,(H,33,35)/t21-,22+/m0/s1. The van der Waals surface area contributed by atoms with Gasteiger partial charge in [-0.3, -0.25) is 4.79 Å². The molecule has 38 heavy (non-hydrogen) atoms. The van der Waals surface area contributed by atoms with E-state index in [0.717, 1.165) is 27.3 Å². The van der Waals surface area contributed by atoms with E-state index < -0.39 is 53.9 Å². The van der Waals surface area contributed by atoms with Gasteiger partial charge in [0.2, 0.25) is 0 Å². The highest BCUT2D eigenvalue weighted by molar-refractivity contribution is 9.10. The van der Waals surface area contributed by atoms with E-state index >= 15 is 0 Å². The Labute approximate surface area is 222 Å². The fourth-order valence-electron chi connectivity index (χ4n) is 4.41.